The second-order valence-corrected chi connectivity index (χ2v) is 6.31. The van der Waals surface area contributed by atoms with E-state index in [1.54, 1.807) is 24.3 Å². The summed E-state index contributed by atoms with van der Waals surface area (Å²) in [7, 11) is -1.35. The number of hydrogen-bond acceptors (Lipinski definition) is 3. The van der Waals surface area contributed by atoms with Crippen molar-refractivity contribution >= 4 is 22.4 Å². The van der Waals surface area contributed by atoms with Gasteiger partial charge in [0.15, 0.2) is 0 Å². The molecule has 0 fully saturated rings. The standard InChI is InChI=1S/C12H18N2O2S/c1-12(2,3)14-11(15)8-17(16)10-6-4-5-9(13)7-10/h4-7H,8,13H2,1-3H3,(H,14,15). The first kappa shape index (κ1) is 13.7. The van der Waals surface area contributed by atoms with Crippen molar-refractivity contribution < 1.29 is 9.00 Å². The van der Waals surface area contributed by atoms with Crippen LogP contribution in [0, 0.1) is 0 Å². The van der Waals surface area contributed by atoms with E-state index in [4.69, 9.17) is 5.73 Å². The Labute approximate surface area is 104 Å². The summed E-state index contributed by atoms with van der Waals surface area (Å²) in [4.78, 5) is 12.2. The van der Waals surface area contributed by atoms with Crippen LogP contribution in [0.4, 0.5) is 5.69 Å². The zero-order valence-electron chi connectivity index (χ0n) is 10.3. The van der Waals surface area contributed by atoms with E-state index in [1.807, 2.05) is 20.8 Å². The first-order chi connectivity index (χ1) is 7.78. The summed E-state index contributed by atoms with van der Waals surface area (Å²) in [5, 5.41) is 2.77. The number of carbonyl (C=O) groups excluding carboxylic acids is 1. The van der Waals surface area contributed by atoms with Crippen molar-refractivity contribution in [3.63, 3.8) is 0 Å². The number of nitrogen functional groups attached to an aromatic ring is 1. The van der Waals surface area contributed by atoms with Gasteiger partial charge in [0.1, 0.15) is 5.75 Å². The molecule has 0 bridgehead atoms. The highest BCUT2D eigenvalue weighted by molar-refractivity contribution is 7.85. The molecule has 4 nitrogen and oxygen atoms in total. The van der Waals surface area contributed by atoms with E-state index < -0.39 is 10.8 Å². The van der Waals surface area contributed by atoms with E-state index >= 15 is 0 Å². The quantitative estimate of drug-likeness (QED) is 0.798. The normalized spacial score (nSPS) is 13.1. The van der Waals surface area contributed by atoms with Crippen molar-refractivity contribution in [1.29, 1.82) is 0 Å². The van der Waals surface area contributed by atoms with Crippen LogP contribution in [0.15, 0.2) is 29.2 Å². The molecule has 17 heavy (non-hydrogen) atoms. The van der Waals surface area contributed by atoms with Crippen LogP contribution in [0.25, 0.3) is 0 Å². The van der Waals surface area contributed by atoms with Crippen LogP contribution in [-0.2, 0) is 15.6 Å². The molecule has 0 aliphatic rings. The molecular formula is C12H18N2O2S. The van der Waals surface area contributed by atoms with Gasteiger partial charge in [-0.15, -0.1) is 0 Å². The van der Waals surface area contributed by atoms with Crippen LogP contribution in [-0.4, -0.2) is 21.4 Å². The zero-order valence-corrected chi connectivity index (χ0v) is 11.1. The van der Waals surface area contributed by atoms with E-state index in [1.165, 1.54) is 0 Å². The van der Waals surface area contributed by atoms with Crippen LogP contribution >= 0.6 is 0 Å². The molecule has 1 unspecified atom stereocenters. The summed E-state index contributed by atoms with van der Waals surface area (Å²) in [5.74, 6) is -0.265. The Morgan fingerprint density at radius 1 is 1.41 bits per heavy atom. The van der Waals surface area contributed by atoms with Crippen molar-refractivity contribution in [3.8, 4) is 0 Å². The van der Waals surface area contributed by atoms with Gasteiger partial charge in [-0.2, -0.15) is 0 Å². The van der Waals surface area contributed by atoms with Crippen LogP contribution in [0.5, 0.6) is 0 Å². The molecule has 0 saturated heterocycles. The number of amides is 1. The van der Waals surface area contributed by atoms with Gasteiger partial charge < -0.3 is 11.1 Å². The lowest BCUT2D eigenvalue weighted by molar-refractivity contribution is -0.119. The maximum absolute atomic E-state index is 11.9. The summed E-state index contributed by atoms with van der Waals surface area (Å²) in [6, 6.07) is 6.78. The fourth-order valence-electron chi connectivity index (χ4n) is 1.31. The Morgan fingerprint density at radius 2 is 2.06 bits per heavy atom. The molecule has 1 atom stereocenters. The molecule has 0 aliphatic heterocycles. The zero-order chi connectivity index (χ0) is 13.1. The Hall–Kier alpha value is -1.36. The minimum Gasteiger partial charge on any atom is -0.399 e. The lowest BCUT2D eigenvalue weighted by atomic mass is 10.1. The Kier molecular flexibility index (Phi) is 4.28. The van der Waals surface area contributed by atoms with E-state index in [0.717, 1.165) is 0 Å². The van der Waals surface area contributed by atoms with Crippen molar-refractivity contribution in [3.05, 3.63) is 24.3 Å². The van der Waals surface area contributed by atoms with E-state index in [-0.39, 0.29) is 17.2 Å². The van der Waals surface area contributed by atoms with Crippen LogP contribution in [0.1, 0.15) is 20.8 Å². The lowest BCUT2D eigenvalue weighted by Gasteiger charge is -2.20. The molecule has 94 valence electrons. The van der Waals surface area contributed by atoms with Gasteiger partial charge in [0.25, 0.3) is 0 Å². The molecule has 0 radical (unpaired) electrons. The van der Waals surface area contributed by atoms with Gasteiger partial charge in [0, 0.05) is 16.1 Å². The fraction of sp³-hybridized carbons (Fsp3) is 0.417. The number of anilines is 1. The number of nitrogens with two attached hydrogens (primary N) is 1. The first-order valence-electron chi connectivity index (χ1n) is 5.33. The second kappa shape index (κ2) is 5.31. The van der Waals surface area contributed by atoms with E-state index in [0.29, 0.717) is 10.6 Å². The molecule has 0 saturated carbocycles. The topological polar surface area (TPSA) is 72.2 Å². The summed E-state index contributed by atoms with van der Waals surface area (Å²) < 4.78 is 11.9. The number of carbonyl (C=O) groups is 1. The molecule has 0 aromatic heterocycles. The van der Waals surface area contributed by atoms with Gasteiger partial charge in [-0.05, 0) is 39.0 Å². The Morgan fingerprint density at radius 3 is 2.59 bits per heavy atom. The Bertz CT molecular complexity index is 438. The average molecular weight is 254 g/mol. The molecule has 1 amide bonds. The SMILES string of the molecule is CC(C)(C)NC(=O)CS(=O)c1cccc(N)c1. The van der Waals surface area contributed by atoms with Gasteiger partial charge in [-0.3, -0.25) is 9.00 Å². The predicted molar refractivity (Wildman–Crippen MR) is 70.0 cm³/mol. The summed E-state index contributed by atoms with van der Waals surface area (Å²) in [6.45, 7) is 5.65. The second-order valence-electron chi connectivity index (χ2n) is 4.86. The third kappa shape index (κ3) is 4.99. The van der Waals surface area contributed by atoms with E-state index in [2.05, 4.69) is 5.32 Å². The van der Waals surface area contributed by atoms with Crippen LogP contribution in [0.2, 0.25) is 0 Å². The van der Waals surface area contributed by atoms with Gasteiger partial charge in [0.05, 0.1) is 10.8 Å². The predicted octanol–water partition coefficient (Wildman–Crippen LogP) is 1.29. The highest BCUT2D eigenvalue weighted by Crippen LogP contribution is 2.11. The molecule has 5 heteroatoms. The third-order valence-electron chi connectivity index (χ3n) is 1.90. The maximum atomic E-state index is 11.9. The smallest absolute Gasteiger partial charge is 0.233 e. The number of hydrogen-bond donors (Lipinski definition) is 2. The fourth-order valence-corrected chi connectivity index (χ4v) is 2.29. The monoisotopic (exact) mass is 254 g/mol. The molecule has 0 heterocycles. The van der Waals surface area contributed by atoms with Gasteiger partial charge in [0.2, 0.25) is 5.91 Å². The van der Waals surface area contributed by atoms with Crippen molar-refractivity contribution in [1.82, 2.24) is 5.32 Å². The van der Waals surface area contributed by atoms with Crippen molar-refractivity contribution in [2.24, 2.45) is 0 Å². The van der Waals surface area contributed by atoms with Crippen molar-refractivity contribution in [2.45, 2.75) is 31.2 Å². The minimum absolute atomic E-state index is 0.0409. The molecule has 0 spiro atoms. The minimum atomic E-state index is -1.35. The lowest BCUT2D eigenvalue weighted by Crippen LogP contribution is -2.42. The van der Waals surface area contributed by atoms with Gasteiger partial charge in [-0.1, -0.05) is 6.07 Å². The Balaban J connectivity index is 2.64. The molecule has 0 aliphatic carbocycles. The third-order valence-corrected chi connectivity index (χ3v) is 3.20. The number of nitrogens with one attached hydrogen (secondary N) is 1. The molecule has 1 aromatic carbocycles. The van der Waals surface area contributed by atoms with Crippen LogP contribution < -0.4 is 11.1 Å². The highest BCUT2D eigenvalue weighted by atomic mass is 32.2. The van der Waals surface area contributed by atoms with Gasteiger partial charge in [-0.25, -0.2) is 0 Å². The maximum Gasteiger partial charge on any atom is 0.233 e. The largest absolute Gasteiger partial charge is 0.399 e. The van der Waals surface area contributed by atoms with Gasteiger partial charge >= 0.3 is 0 Å². The summed E-state index contributed by atoms with van der Waals surface area (Å²) >= 11 is 0. The van der Waals surface area contributed by atoms with E-state index in [9.17, 15) is 9.00 Å². The molecule has 3 N–H and O–H groups in total. The number of rotatable bonds is 3. The van der Waals surface area contributed by atoms with Crippen molar-refractivity contribution in [2.75, 3.05) is 11.5 Å². The van der Waals surface area contributed by atoms with Crippen LogP contribution in [0.3, 0.4) is 0 Å². The molecule has 1 aromatic rings. The molecule has 1 rings (SSSR count). The number of benzene rings is 1. The summed E-state index contributed by atoms with van der Waals surface area (Å²) in [5.41, 5.74) is 5.83. The first-order valence-corrected chi connectivity index (χ1v) is 6.65. The molecular weight excluding hydrogens is 236 g/mol. The average Bonchev–Trinajstić information content (AvgIpc) is 2.14. The summed E-state index contributed by atoms with van der Waals surface area (Å²) in [6.07, 6.45) is 0. The highest BCUT2D eigenvalue weighted by Gasteiger charge is 2.16.